The lowest BCUT2D eigenvalue weighted by atomic mass is 10.2. The van der Waals surface area contributed by atoms with E-state index >= 15 is 0 Å². The number of para-hydroxylation sites is 1. The third kappa shape index (κ3) is 3.93. The Morgan fingerprint density at radius 1 is 1.00 bits per heavy atom. The fourth-order valence-corrected chi connectivity index (χ4v) is 4.36. The van der Waals surface area contributed by atoms with E-state index in [1.165, 1.54) is 7.11 Å². The zero-order valence-electron chi connectivity index (χ0n) is 13.5. The highest BCUT2D eigenvalue weighted by molar-refractivity contribution is 7.51. The molecule has 1 aliphatic rings. The molecule has 1 fully saturated rings. The van der Waals surface area contributed by atoms with Crippen molar-refractivity contribution in [2.75, 3.05) is 38.2 Å². The molecule has 1 unspecified atom stereocenters. The molecule has 1 aliphatic heterocycles. The van der Waals surface area contributed by atoms with Crippen molar-refractivity contribution < 1.29 is 13.6 Å². The molecule has 1 saturated heterocycles. The van der Waals surface area contributed by atoms with Gasteiger partial charge in [0.2, 0.25) is 0 Å². The molecule has 7 heteroatoms. The molecule has 1 atom stereocenters. The van der Waals surface area contributed by atoms with Crippen LogP contribution in [-0.2, 0) is 9.09 Å². The molecule has 0 radical (unpaired) electrons. The van der Waals surface area contributed by atoms with Crippen LogP contribution in [0.25, 0.3) is 0 Å². The van der Waals surface area contributed by atoms with Crippen LogP contribution in [0.1, 0.15) is 0 Å². The summed E-state index contributed by atoms with van der Waals surface area (Å²) in [6.45, 7) is 2.63. The monoisotopic (exact) mass is 366 g/mol. The van der Waals surface area contributed by atoms with Crippen molar-refractivity contribution in [2.24, 2.45) is 0 Å². The molecule has 5 nitrogen and oxygen atoms in total. The second kappa shape index (κ2) is 7.58. The number of hydrogen-bond donors (Lipinski definition) is 0. The number of halogens is 1. The number of hydrogen-bond acceptors (Lipinski definition) is 4. The van der Waals surface area contributed by atoms with Crippen molar-refractivity contribution in [3.63, 3.8) is 0 Å². The van der Waals surface area contributed by atoms with E-state index < -0.39 is 7.75 Å². The van der Waals surface area contributed by atoms with Crippen LogP contribution in [-0.4, -0.2) is 38.0 Å². The third-order valence-corrected chi connectivity index (χ3v) is 6.20. The Morgan fingerprint density at radius 2 is 1.71 bits per heavy atom. The predicted octanol–water partition coefficient (Wildman–Crippen LogP) is 4.30. The van der Waals surface area contributed by atoms with Crippen LogP contribution < -0.4 is 9.42 Å². The van der Waals surface area contributed by atoms with Gasteiger partial charge in [0, 0.05) is 44.0 Å². The molecule has 128 valence electrons. The van der Waals surface area contributed by atoms with E-state index in [4.69, 9.17) is 20.6 Å². The zero-order chi connectivity index (χ0) is 17.0. The molecular weight excluding hydrogens is 347 g/mol. The molecule has 0 spiro atoms. The first-order valence-electron chi connectivity index (χ1n) is 7.77. The summed E-state index contributed by atoms with van der Waals surface area (Å²) >= 11 is 6.06. The number of anilines is 1. The molecule has 0 bridgehead atoms. The molecule has 0 amide bonds. The van der Waals surface area contributed by atoms with Gasteiger partial charge in [-0.3, -0.25) is 4.52 Å². The van der Waals surface area contributed by atoms with Gasteiger partial charge < -0.3 is 9.42 Å². The van der Waals surface area contributed by atoms with Gasteiger partial charge in [-0.2, -0.15) is 4.67 Å². The quantitative estimate of drug-likeness (QED) is 0.738. The Bertz CT molecular complexity index is 721. The maximum atomic E-state index is 13.0. The van der Waals surface area contributed by atoms with Crippen molar-refractivity contribution in [1.29, 1.82) is 0 Å². The maximum Gasteiger partial charge on any atom is 0.461 e. The normalized spacial score (nSPS) is 18.2. The molecule has 0 N–H and O–H groups in total. The summed E-state index contributed by atoms with van der Waals surface area (Å²) in [7, 11) is -1.92. The van der Waals surface area contributed by atoms with Crippen molar-refractivity contribution in [2.45, 2.75) is 0 Å². The Balaban J connectivity index is 1.67. The highest BCUT2D eigenvalue weighted by atomic mass is 35.5. The molecule has 2 aromatic rings. The van der Waals surface area contributed by atoms with Crippen molar-refractivity contribution in [3.05, 3.63) is 59.6 Å². The van der Waals surface area contributed by atoms with Crippen LogP contribution in [0.5, 0.6) is 5.75 Å². The van der Waals surface area contributed by atoms with E-state index in [0.29, 0.717) is 23.9 Å². The molecule has 0 saturated carbocycles. The van der Waals surface area contributed by atoms with Crippen LogP contribution in [0.4, 0.5) is 5.69 Å². The van der Waals surface area contributed by atoms with Crippen molar-refractivity contribution in [1.82, 2.24) is 4.67 Å². The third-order valence-electron chi connectivity index (χ3n) is 3.97. The van der Waals surface area contributed by atoms with E-state index in [-0.39, 0.29) is 0 Å². The van der Waals surface area contributed by atoms with Crippen LogP contribution in [0.15, 0.2) is 54.6 Å². The average Bonchev–Trinajstić information content (AvgIpc) is 2.62. The number of piperazine rings is 1. The van der Waals surface area contributed by atoms with E-state index in [2.05, 4.69) is 4.90 Å². The summed E-state index contributed by atoms with van der Waals surface area (Å²) in [6, 6.07) is 16.9. The van der Waals surface area contributed by atoms with Crippen molar-refractivity contribution in [3.8, 4) is 5.75 Å². The van der Waals surface area contributed by atoms with Gasteiger partial charge in [-0.25, -0.2) is 4.57 Å². The molecule has 3 rings (SSSR count). The number of benzene rings is 2. The SMILES string of the molecule is COP(=O)(Oc1ccccc1)N1CCN(c2cccc(Cl)c2)CC1. The van der Waals surface area contributed by atoms with Crippen molar-refractivity contribution >= 4 is 25.0 Å². The fourth-order valence-electron chi connectivity index (χ4n) is 2.70. The lowest BCUT2D eigenvalue weighted by Gasteiger charge is -2.38. The Labute approximate surface area is 147 Å². The summed E-state index contributed by atoms with van der Waals surface area (Å²) in [4.78, 5) is 2.21. The molecular formula is C17H20ClN2O3P. The number of rotatable bonds is 5. The highest BCUT2D eigenvalue weighted by Crippen LogP contribution is 2.51. The van der Waals surface area contributed by atoms with Crippen LogP contribution in [0.3, 0.4) is 0 Å². The minimum atomic E-state index is -3.34. The van der Waals surface area contributed by atoms with Gasteiger partial charge in [0.1, 0.15) is 5.75 Å². The van der Waals surface area contributed by atoms with E-state index in [0.717, 1.165) is 18.8 Å². The summed E-state index contributed by atoms with van der Waals surface area (Å²) in [5.74, 6) is 0.542. The largest absolute Gasteiger partial charge is 0.461 e. The second-order valence-electron chi connectivity index (χ2n) is 5.48. The Morgan fingerprint density at radius 3 is 2.33 bits per heavy atom. The topological polar surface area (TPSA) is 42.0 Å². The van der Waals surface area contributed by atoms with Gasteiger partial charge in [0.05, 0.1) is 0 Å². The molecule has 1 heterocycles. The lowest BCUT2D eigenvalue weighted by molar-refractivity contribution is 0.236. The molecule has 0 aromatic heterocycles. The van der Waals surface area contributed by atoms with Gasteiger partial charge >= 0.3 is 7.75 Å². The molecule has 0 aliphatic carbocycles. The Hall–Kier alpha value is -1.52. The van der Waals surface area contributed by atoms with Gasteiger partial charge in [0.25, 0.3) is 0 Å². The Kier molecular flexibility index (Phi) is 5.47. The first-order chi connectivity index (χ1) is 11.6. The summed E-state index contributed by atoms with van der Waals surface area (Å²) in [5.41, 5.74) is 1.07. The smallest absolute Gasteiger partial charge is 0.413 e. The number of nitrogens with zero attached hydrogens (tertiary/aromatic N) is 2. The van der Waals surface area contributed by atoms with Crippen LogP contribution in [0.2, 0.25) is 5.02 Å². The predicted molar refractivity (Wildman–Crippen MR) is 96.9 cm³/mol. The minimum absolute atomic E-state index is 0.542. The lowest BCUT2D eigenvalue weighted by Crippen LogP contribution is -2.45. The summed E-state index contributed by atoms with van der Waals surface area (Å²) in [5, 5.41) is 0.713. The van der Waals surface area contributed by atoms with E-state index in [1.54, 1.807) is 16.8 Å². The molecule has 24 heavy (non-hydrogen) atoms. The van der Waals surface area contributed by atoms with E-state index in [9.17, 15) is 4.57 Å². The first-order valence-corrected chi connectivity index (χ1v) is 9.64. The van der Waals surface area contributed by atoms with Gasteiger partial charge in [0.15, 0.2) is 0 Å². The van der Waals surface area contributed by atoms with Gasteiger partial charge in [-0.1, -0.05) is 35.9 Å². The zero-order valence-corrected chi connectivity index (χ0v) is 15.1. The van der Waals surface area contributed by atoms with E-state index in [1.807, 2.05) is 42.5 Å². The van der Waals surface area contributed by atoms with Crippen LogP contribution >= 0.6 is 19.3 Å². The van der Waals surface area contributed by atoms with Gasteiger partial charge in [-0.15, -0.1) is 0 Å². The average molecular weight is 367 g/mol. The first kappa shape index (κ1) is 17.3. The summed E-state index contributed by atoms with van der Waals surface area (Å²) in [6.07, 6.45) is 0. The van der Waals surface area contributed by atoms with Gasteiger partial charge in [-0.05, 0) is 30.3 Å². The summed E-state index contributed by atoms with van der Waals surface area (Å²) < 4.78 is 25.8. The fraction of sp³-hybridized carbons (Fsp3) is 0.294. The minimum Gasteiger partial charge on any atom is -0.413 e. The highest BCUT2D eigenvalue weighted by Gasteiger charge is 2.36. The maximum absolute atomic E-state index is 13.0. The van der Waals surface area contributed by atoms with Crippen LogP contribution in [0, 0.1) is 0 Å². The molecule has 2 aromatic carbocycles. The standard InChI is InChI=1S/C17H20ClN2O3P/c1-22-24(21,23-17-8-3-2-4-9-17)20-12-10-19(11-13-20)16-7-5-6-15(18)14-16/h2-9,14H,10-13H2,1H3. The second-order valence-corrected chi connectivity index (χ2v) is 7.96.